The van der Waals surface area contributed by atoms with Gasteiger partial charge in [0.05, 0.1) is 0 Å². The lowest BCUT2D eigenvalue weighted by atomic mass is 10.2. The molecule has 1 aromatic heterocycles. The predicted molar refractivity (Wildman–Crippen MR) is 96.0 cm³/mol. The molecule has 0 radical (unpaired) electrons. The second kappa shape index (κ2) is 7.11. The first-order chi connectivity index (χ1) is 11.8. The summed E-state index contributed by atoms with van der Waals surface area (Å²) in [6.45, 7) is 4.00. The Morgan fingerprint density at radius 2 is 1.92 bits per heavy atom. The first-order valence-corrected chi connectivity index (χ1v) is 9.84. The van der Waals surface area contributed by atoms with Crippen molar-refractivity contribution in [1.29, 1.82) is 0 Å². The summed E-state index contributed by atoms with van der Waals surface area (Å²) in [6.07, 6.45) is 2.35. The van der Waals surface area contributed by atoms with Gasteiger partial charge in [-0.25, -0.2) is 0 Å². The number of aromatic nitrogens is 3. The van der Waals surface area contributed by atoms with Gasteiger partial charge in [-0.3, -0.25) is 9.69 Å². The van der Waals surface area contributed by atoms with Crippen molar-refractivity contribution < 1.29 is 4.79 Å². The summed E-state index contributed by atoms with van der Waals surface area (Å²) in [5, 5.41) is 8.79. The molecule has 1 amide bonds. The van der Waals surface area contributed by atoms with Crippen molar-refractivity contribution >= 4 is 28.7 Å². The number of nitrogens with zero attached hydrogens (tertiary/aromatic N) is 5. The molecule has 3 heterocycles. The number of benzene rings is 1. The standard InChI is InChI=1S/C17H23N5OS/c23-17(12-22-18-15-4-1-2-5-16(15)19-22)21-8-3-7-20(9-10-21)14-6-11-24-13-14/h1-2,4-5,14H,3,6-13H2. The first kappa shape index (κ1) is 15.9. The van der Waals surface area contributed by atoms with Gasteiger partial charge in [-0.15, -0.1) is 0 Å². The maximum atomic E-state index is 12.6. The maximum absolute atomic E-state index is 12.6. The van der Waals surface area contributed by atoms with Gasteiger partial charge in [0.15, 0.2) is 0 Å². The van der Waals surface area contributed by atoms with Gasteiger partial charge in [0.1, 0.15) is 17.6 Å². The minimum Gasteiger partial charge on any atom is -0.340 e. The summed E-state index contributed by atoms with van der Waals surface area (Å²) in [4.78, 5) is 18.7. The van der Waals surface area contributed by atoms with E-state index in [1.165, 1.54) is 22.7 Å². The summed E-state index contributed by atoms with van der Waals surface area (Å²) in [7, 11) is 0. The fraction of sp³-hybridized carbons (Fsp3) is 0.588. The lowest BCUT2D eigenvalue weighted by Gasteiger charge is -2.26. The van der Waals surface area contributed by atoms with Crippen LogP contribution in [-0.2, 0) is 11.3 Å². The Balaban J connectivity index is 1.37. The van der Waals surface area contributed by atoms with Crippen molar-refractivity contribution in [3.63, 3.8) is 0 Å². The fourth-order valence-corrected chi connectivity index (χ4v) is 4.81. The zero-order valence-corrected chi connectivity index (χ0v) is 14.6. The van der Waals surface area contributed by atoms with Crippen LogP contribution in [0.4, 0.5) is 0 Å². The van der Waals surface area contributed by atoms with E-state index in [-0.39, 0.29) is 12.5 Å². The van der Waals surface area contributed by atoms with Crippen LogP contribution in [0.2, 0.25) is 0 Å². The van der Waals surface area contributed by atoms with E-state index in [9.17, 15) is 4.79 Å². The highest BCUT2D eigenvalue weighted by Gasteiger charge is 2.26. The van der Waals surface area contributed by atoms with Gasteiger partial charge < -0.3 is 4.90 Å². The Morgan fingerprint density at radius 1 is 1.12 bits per heavy atom. The zero-order valence-electron chi connectivity index (χ0n) is 13.8. The molecule has 2 saturated heterocycles. The molecule has 1 atom stereocenters. The molecule has 24 heavy (non-hydrogen) atoms. The molecule has 6 nitrogen and oxygen atoms in total. The van der Waals surface area contributed by atoms with Crippen LogP contribution < -0.4 is 0 Å². The number of carbonyl (C=O) groups is 1. The molecule has 0 aliphatic carbocycles. The van der Waals surface area contributed by atoms with Crippen LogP contribution in [-0.4, -0.2) is 74.4 Å². The second-order valence-corrected chi connectivity index (χ2v) is 7.66. The van der Waals surface area contributed by atoms with Crippen molar-refractivity contribution in [3.05, 3.63) is 24.3 Å². The number of hydrogen-bond acceptors (Lipinski definition) is 5. The van der Waals surface area contributed by atoms with E-state index >= 15 is 0 Å². The van der Waals surface area contributed by atoms with Gasteiger partial charge >= 0.3 is 0 Å². The lowest BCUT2D eigenvalue weighted by molar-refractivity contribution is -0.132. The van der Waals surface area contributed by atoms with Crippen molar-refractivity contribution in [2.45, 2.75) is 25.4 Å². The summed E-state index contributed by atoms with van der Waals surface area (Å²) < 4.78 is 0. The van der Waals surface area contributed by atoms with Crippen LogP contribution >= 0.6 is 11.8 Å². The van der Waals surface area contributed by atoms with E-state index in [2.05, 4.69) is 26.9 Å². The Labute approximate surface area is 146 Å². The number of amides is 1. The predicted octanol–water partition coefficient (Wildman–Crippen LogP) is 1.47. The molecule has 2 aliphatic heterocycles. The number of carbonyl (C=O) groups excluding carboxylic acids is 1. The summed E-state index contributed by atoms with van der Waals surface area (Å²) in [6, 6.07) is 8.43. The number of thioether (sulfide) groups is 1. The molecule has 0 N–H and O–H groups in total. The minimum absolute atomic E-state index is 0.123. The molecule has 1 unspecified atom stereocenters. The van der Waals surface area contributed by atoms with Crippen LogP contribution in [0.15, 0.2) is 24.3 Å². The molecule has 0 bridgehead atoms. The van der Waals surface area contributed by atoms with Gasteiger partial charge in [-0.1, -0.05) is 12.1 Å². The van der Waals surface area contributed by atoms with Crippen LogP contribution in [0.25, 0.3) is 11.0 Å². The van der Waals surface area contributed by atoms with E-state index in [4.69, 9.17) is 0 Å². The van der Waals surface area contributed by atoms with Crippen molar-refractivity contribution in [2.75, 3.05) is 37.7 Å². The topological polar surface area (TPSA) is 54.3 Å². The lowest BCUT2D eigenvalue weighted by Crippen LogP contribution is -2.40. The van der Waals surface area contributed by atoms with Crippen molar-refractivity contribution in [2.24, 2.45) is 0 Å². The number of rotatable bonds is 3. The van der Waals surface area contributed by atoms with Gasteiger partial charge in [0.2, 0.25) is 5.91 Å². The van der Waals surface area contributed by atoms with Gasteiger partial charge in [-0.2, -0.15) is 26.8 Å². The van der Waals surface area contributed by atoms with Crippen molar-refractivity contribution in [3.8, 4) is 0 Å². The Morgan fingerprint density at radius 3 is 2.62 bits per heavy atom. The monoisotopic (exact) mass is 345 g/mol. The van der Waals surface area contributed by atoms with Crippen LogP contribution in [0, 0.1) is 0 Å². The van der Waals surface area contributed by atoms with E-state index in [1.807, 2.05) is 29.2 Å². The molecule has 128 valence electrons. The summed E-state index contributed by atoms with van der Waals surface area (Å²) in [5.41, 5.74) is 1.68. The third-order valence-electron chi connectivity index (χ3n) is 4.91. The maximum Gasteiger partial charge on any atom is 0.246 e. The van der Waals surface area contributed by atoms with Crippen LogP contribution in [0.5, 0.6) is 0 Å². The molecule has 0 saturated carbocycles. The van der Waals surface area contributed by atoms with Gasteiger partial charge in [0, 0.05) is 38.0 Å². The summed E-state index contributed by atoms with van der Waals surface area (Å²) in [5.74, 6) is 2.65. The largest absolute Gasteiger partial charge is 0.340 e. The fourth-order valence-electron chi connectivity index (χ4n) is 3.56. The average molecular weight is 345 g/mol. The second-order valence-electron chi connectivity index (χ2n) is 6.51. The first-order valence-electron chi connectivity index (χ1n) is 8.69. The molecule has 2 aromatic rings. The highest BCUT2D eigenvalue weighted by atomic mass is 32.2. The Bertz CT molecular complexity index is 679. The highest BCUT2D eigenvalue weighted by Crippen LogP contribution is 2.23. The van der Waals surface area contributed by atoms with Crippen LogP contribution in [0.3, 0.4) is 0 Å². The molecular formula is C17H23N5OS. The molecular weight excluding hydrogens is 322 g/mol. The number of hydrogen-bond donors (Lipinski definition) is 0. The van der Waals surface area contributed by atoms with Gasteiger partial charge in [-0.05, 0) is 30.7 Å². The van der Waals surface area contributed by atoms with E-state index in [1.54, 1.807) is 0 Å². The third kappa shape index (κ3) is 3.42. The number of fused-ring (bicyclic) bond motifs is 1. The normalized spacial score (nSPS) is 22.8. The smallest absolute Gasteiger partial charge is 0.246 e. The van der Waals surface area contributed by atoms with E-state index in [0.29, 0.717) is 6.04 Å². The average Bonchev–Trinajstić information content (AvgIpc) is 3.19. The molecule has 4 rings (SSSR count). The molecule has 2 fully saturated rings. The quantitative estimate of drug-likeness (QED) is 0.843. The van der Waals surface area contributed by atoms with E-state index in [0.717, 1.165) is 43.6 Å². The minimum atomic E-state index is 0.123. The molecule has 7 heteroatoms. The highest BCUT2D eigenvalue weighted by molar-refractivity contribution is 7.99. The molecule has 1 aromatic carbocycles. The van der Waals surface area contributed by atoms with Crippen molar-refractivity contribution in [1.82, 2.24) is 24.8 Å². The third-order valence-corrected chi connectivity index (χ3v) is 6.05. The Kier molecular flexibility index (Phi) is 4.71. The van der Waals surface area contributed by atoms with E-state index < -0.39 is 0 Å². The molecule has 2 aliphatic rings. The summed E-state index contributed by atoms with van der Waals surface area (Å²) >= 11 is 2.05. The SMILES string of the molecule is O=C(Cn1nc2ccccc2n1)N1CCCN(C2CCSC2)CC1. The zero-order chi connectivity index (χ0) is 16.4. The molecule has 0 spiro atoms. The van der Waals surface area contributed by atoms with Gasteiger partial charge in [0.25, 0.3) is 0 Å². The Hall–Kier alpha value is -1.60. The van der Waals surface area contributed by atoms with Crippen LogP contribution in [0.1, 0.15) is 12.8 Å².